The van der Waals surface area contributed by atoms with Gasteiger partial charge in [0.1, 0.15) is 0 Å². The summed E-state index contributed by atoms with van der Waals surface area (Å²) in [5.41, 5.74) is 13.9. The maximum Gasteiger partial charge on any atom is 0.0471 e. The monoisotopic (exact) mass is 696 g/mol. The minimum atomic E-state index is 0.372. The average Bonchev–Trinajstić information content (AvgIpc) is 3.82. The lowest BCUT2D eigenvalue weighted by atomic mass is 9.73. The number of alkyl halides is 1. The number of rotatable bonds is 8. The van der Waals surface area contributed by atoms with E-state index in [1.165, 1.54) is 106 Å². The summed E-state index contributed by atoms with van der Waals surface area (Å²) in [6.07, 6.45) is 23.7. The Morgan fingerprint density at radius 1 is 0.909 bits per heavy atom. The molecule has 232 valence electrons. The van der Waals surface area contributed by atoms with Gasteiger partial charge in [-0.05, 0) is 171 Å². The van der Waals surface area contributed by atoms with Gasteiger partial charge in [-0.15, -0.1) is 0 Å². The zero-order valence-corrected chi connectivity index (χ0v) is 29.8. The Bertz CT molecular complexity index is 1480. The molecule has 2 aromatic carbocycles. The molecule has 0 amide bonds. The van der Waals surface area contributed by atoms with Crippen molar-refractivity contribution in [3.63, 3.8) is 0 Å². The first-order chi connectivity index (χ1) is 21.4. The van der Waals surface area contributed by atoms with E-state index in [0.29, 0.717) is 15.3 Å². The van der Waals surface area contributed by atoms with Gasteiger partial charge >= 0.3 is 0 Å². The van der Waals surface area contributed by atoms with E-state index in [9.17, 15) is 0 Å². The molecule has 0 saturated heterocycles. The van der Waals surface area contributed by atoms with E-state index in [2.05, 4.69) is 104 Å². The number of allylic oxidation sites excluding steroid dienone is 5. The Morgan fingerprint density at radius 3 is 2.43 bits per heavy atom. The molecular formula is C43H53I. The summed E-state index contributed by atoms with van der Waals surface area (Å²) in [7, 11) is 0. The third-order valence-electron chi connectivity index (χ3n) is 11.8. The van der Waals surface area contributed by atoms with Gasteiger partial charge in [0.05, 0.1) is 0 Å². The molecule has 44 heavy (non-hydrogen) atoms. The van der Waals surface area contributed by atoms with Crippen molar-refractivity contribution in [2.24, 2.45) is 17.8 Å². The van der Waals surface area contributed by atoms with Crippen molar-refractivity contribution in [3.05, 3.63) is 99.7 Å². The van der Waals surface area contributed by atoms with Gasteiger partial charge in [0.15, 0.2) is 0 Å². The van der Waals surface area contributed by atoms with Crippen molar-refractivity contribution < 1.29 is 0 Å². The summed E-state index contributed by atoms with van der Waals surface area (Å²) < 4.78 is 0.372. The predicted molar refractivity (Wildman–Crippen MR) is 198 cm³/mol. The van der Waals surface area contributed by atoms with E-state index < -0.39 is 0 Å². The molecule has 3 fully saturated rings. The van der Waals surface area contributed by atoms with Gasteiger partial charge in [-0.2, -0.15) is 0 Å². The Balaban J connectivity index is 1.13. The fourth-order valence-electron chi connectivity index (χ4n) is 8.88. The third-order valence-corrected chi connectivity index (χ3v) is 13.5. The van der Waals surface area contributed by atoms with E-state index >= 15 is 0 Å². The van der Waals surface area contributed by atoms with Crippen LogP contribution in [0.15, 0.2) is 66.3 Å². The Labute approximate surface area is 282 Å². The van der Waals surface area contributed by atoms with E-state index in [4.69, 9.17) is 6.58 Å². The summed E-state index contributed by atoms with van der Waals surface area (Å²) in [5, 5.41) is 0. The number of benzene rings is 2. The van der Waals surface area contributed by atoms with Gasteiger partial charge in [0.2, 0.25) is 0 Å². The molecule has 0 heterocycles. The van der Waals surface area contributed by atoms with Gasteiger partial charge in [0.25, 0.3) is 0 Å². The largest absolute Gasteiger partial charge is 0.0949 e. The topological polar surface area (TPSA) is 0 Å². The first kappa shape index (κ1) is 31.9. The van der Waals surface area contributed by atoms with Gasteiger partial charge in [-0.1, -0.05) is 103 Å². The van der Waals surface area contributed by atoms with Crippen molar-refractivity contribution in [1.29, 1.82) is 0 Å². The third kappa shape index (κ3) is 7.02. The molecule has 0 aliphatic heterocycles. The standard InChI is InChI=1S/C43H53I/c1-5-34-13-11-12-16-39(34)37-22-20-33(21-23-37)29-41-30(2)19-26-38(32(41)4)31(3)35-14-9-10-15-36(25-24-35)40-17-7-6-8-18-42(40)43(44)27-28-43/h8,11-13,16,18-19,26,33,35-37H,3,5,9-10,14-15,17,20-25,27-29H2,1-2,4H3. The highest BCUT2D eigenvalue weighted by molar-refractivity contribution is 14.1. The van der Waals surface area contributed by atoms with Gasteiger partial charge < -0.3 is 0 Å². The lowest BCUT2D eigenvalue weighted by molar-refractivity contribution is 0.323. The molecule has 2 unspecified atom stereocenters. The van der Waals surface area contributed by atoms with E-state index in [1.807, 2.05) is 0 Å². The second-order valence-corrected chi connectivity index (χ2v) is 16.6. The molecule has 2 aromatic rings. The van der Waals surface area contributed by atoms with Crippen molar-refractivity contribution in [1.82, 2.24) is 0 Å². The zero-order chi connectivity index (χ0) is 30.7. The van der Waals surface area contributed by atoms with Crippen LogP contribution in [0, 0.1) is 43.4 Å². The summed E-state index contributed by atoms with van der Waals surface area (Å²) in [5.74, 6) is 9.58. The Kier molecular flexibility index (Phi) is 10.3. The highest BCUT2D eigenvalue weighted by Gasteiger charge is 2.44. The zero-order valence-electron chi connectivity index (χ0n) is 27.6. The fourth-order valence-corrected chi connectivity index (χ4v) is 9.67. The molecule has 1 heteroatoms. The van der Waals surface area contributed by atoms with Gasteiger partial charge in [-0.25, -0.2) is 0 Å². The highest BCUT2D eigenvalue weighted by Crippen LogP contribution is 2.54. The normalized spacial score (nSPS) is 26.6. The number of hydrogen-bond acceptors (Lipinski definition) is 0. The van der Waals surface area contributed by atoms with Gasteiger partial charge in [-0.3, -0.25) is 0 Å². The summed E-state index contributed by atoms with van der Waals surface area (Å²) in [4.78, 5) is 0. The van der Waals surface area contributed by atoms with Crippen LogP contribution in [0.5, 0.6) is 0 Å². The molecule has 4 aliphatic carbocycles. The molecule has 3 saturated carbocycles. The average molecular weight is 697 g/mol. The quantitative estimate of drug-likeness (QED) is 0.146. The second-order valence-electron chi connectivity index (χ2n) is 14.5. The Morgan fingerprint density at radius 2 is 1.66 bits per heavy atom. The van der Waals surface area contributed by atoms with Crippen LogP contribution in [0.25, 0.3) is 5.57 Å². The summed E-state index contributed by atoms with van der Waals surface area (Å²) >= 11 is 2.73. The van der Waals surface area contributed by atoms with Crippen LogP contribution >= 0.6 is 22.6 Å². The van der Waals surface area contributed by atoms with Crippen LogP contribution in [0.4, 0.5) is 0 Å². The molecule has 2 atom stereocenters. The molecule has 4 aliphatic rings. The molecule has 0 spiro atoms. The van der Waals surface area contributed by atoms with Crippen molar-refractivity contribution in [2.45, 2.75) is 126 Å². The summed E-state index contributed by atoms with van der Waals surface area (Å²) in [6, 6.07) is 14.0. The lowest BCUT2D eigenvalue weighted by Crippen LogP contribution is -2.18. The Hall–Kier alpha value is -2.05. The van der Waals surface area contributed by atoms with Crippen molar-refractivity contribution in [3.8, 4) is 11.8 Å². The first-order valence-corrected chi connectivity index (χ1v) is 18.9. The predicted octanol–water partition coefficient (Wildman–Crippen LogP) is 12.2. The number of hydrogen-bond donors (Lipinski definition) is 0. The molecule has 0 radical (unpaired) electrons. The fraction of sp³-hybridized carbons (Fsp3) is 0.535. The molecule has 0 bridgehead atoms. The van der Waals surface area contributed by atoms with E-state index in [0.717, 1.165) is 24.7 Å². The van der Waals surface area contributed by atoms with Crippen LogP contribution in [-0.2, 0) is 12.8 Å². The van der Waals surface area contributed by atoms with Crippen LogP contribution in [-0.4, -0.2) is 3.42 Å². The molecule has 0 N–H and O–H groups in total. The van der Waals surface area contributed by atoms with Gasteiger partial charge in [0, 0.05) is 9.84 Å². The first-order valence-electron chi connectivity index (χ1n) is 17.8. The minimum Gasteiger partial charge on any atom is -0.0949 e. The van der Waals surface area contributed by atoms with Crippen molar-refractivity contribution >= 4 is 28.2 Å². The molecule has 0 aromatic heterocycles. The SMILES string of the molecule is C=C(c1ccc(C)c(CC2CCC(c3ccccc3CC)CC2)c1C)C1CCCCC(C2=C(C3(I)CC3)C=CC#CC2)CC1. The van der Waals surface area contributed by atoms with E-state index in [1.54, 1.807) is 27.8 Å². The van der Waals surface area contributed by atoms with Crippen LogP contribution in [0.1, 0.15) is 130 Å². The molecule has 6 rings (SSSR count). The van der Waals surface area contributed by atoms with E-state index in [-0.39, 0.29) is 0 Å². The summed E-state index contributed by atoms with van der Waals surface area (Å²) in [6.45, 7) is 11.9. The maximum absolute atomic E-state index is 4.83. The smallest absolute Gasteiger partial charge is 0.0471 e. The molecule has 0 nitrogen and oxygen atoms in total. The second kappa shape index (κ2) is 14.2. The molecular weight excluding hydrogens is 643 g/mol. The number of aryl methyl sites for hydroxylation is 2. The maximum atomic E-state index is 4.83. The van der Waals surface area contributed by atoms with Crippen LogP contribution < -0.4 is 0 Å². The van der Waals surface area contributed by atoms with Crippen molar-refractivity contribution in [2.75, 3.05) is 0 Å². The van der Waals surface area contributed by atoms with Crippen LogP contribution in [0.2, 0.25) is 0 Å². The number of halogens is 1. The van der Waals surface area contributed by atoms with Crippen LogP contribution in [0.3, 0.4) is 0 Å². The lowest BCUT2D eigenvalue weighted by Gasteiger charge is -2.32. The highest BCUT2D eigenvalue weighted by atomic mass is 127. The minimum absolute atomic E-state index is 0.372.